The summed E-state index contributed by atoms with van der Waals surface area (Å²) in [5.74, 6) is 0.259. The van der Waals surface area contributed by atoms with Crippen molar-refractivity contribution in [1.82, 2.24) is 5.32 Å². The third-order valence-corrected chi connectivity index (χ3v) is 2.70. The van der Waals surface area contributed by atoms with Crippen molar-refractivity contribution < 1.29 is 14.6 Å². The lowest BCUT2D eigenvalue weighted by Gasteiger charge is -2.09. The average Bonchev–Trinajstić information content (AvgIpc) is 2.25. The molecule has 2 N–H and O–H groups in total. The van der Waals surface area contributed by atoms with Gasteiger partial charge in [0.1, 0.15) is 5.75 Å². The quantitative estimate of drug-likeness (QED) is 0.871. The van der Waals surface area contributed by atoms with Crippen LogP contribution < -0.4 is 10.1 Å². The Labute approximate surface area is 113 Å². The lowest BCUT2D eigenvalue weighted by molar-refractivity contribution is -0.123. The summed E-state index contributed by atoms with van der Waals surface area (Å²) >= 11 is 9.05. The Hall–Kier alpha value is -0.780. The molecule has 1 rings (SSSR count). The molecule has 1 aromatic carbocycles. The minimum atomic E-state index is -0.568. The molecule has 94 valence electrons. The Bertz CT molecular complexity index is 398. The number of aliphatic hydroxyl groups is 1. The number of halogens is 2. The summed E-state index contributed by atoms with van der Waals surface area (Å²) in [7, 11) is 0. The zero-order chi connectivity index (χ0) is 12.8. The van der Waals surface area contributed by atoms with E-state index in [1.165, 1.54) is 0 Å². The Morgan fingerprint density at radius 2 is 2.35 bits per heavy atom. The zero-order valence-corrected chi connectivity index (χ0v) is 11.6. The Morgan fingerprint density at radius 1 is 1.65 bits per heavy atom. The molecule has 1 atom stereocenters. The molecule has 6 heteroatoms. The van der Waals surface area contributed by atoms with Gasteiger partial charge in [-0.2, -0.15) is 0 Å². The maximum Gasteiger partial charge on any atom is 0.258 e. The molecule has 0 aromatic heterocycles. The lowest BCUT2D eigenvalue weighted by Crippen LogP contribution is -2.34. The van der Waals surface area contributed by atoms with Crippen LogP contribution in [0.3, 0.4) is 0 Å². The number of aliphatic hydroxyl groups excluding tert-OH is 1. The number of ether oxygens (including phenoxy) is 1. The van der Waals surface area contributed by atoms with E-state index >= 15 is 0 Å². The van der Waals surface area contributed by atoms with E-state index in [1.807, 2.05) is 0 Å². The third-order valence-electron chi connectivity index (χ3n) is 1.85. The van der Waals surface area contributed by atoms with Crippen molar-refractivity contribution in [1.29, 1.82) is 0 Å². The number of nitrogens with one attached hydrogen (secondary N) is 1. The highest BCUT2D eigenvalue weighted by Gasteiger charge is 2.06. The van der Waals surface area contributed by atoms with Crippen molar-refractivity contribution >= 4 is 33.4 Å². The van der Waals surface area contributed by atoms with Crippen LogP contribution in [-0.2, 0) is 4.79 Å². The molecular weight excluding hydrogens is 309 g/mol. The van der Waals surface area contributed by atoms with E-state index in [-0.39, 0.29) is 19.1 Å². The van der Waals surface area contributed by atoms with E-state index in [0.29, 0.717) is 15.2 Å². The number of carbonyl (C=O) groups excluding carboxylic acids is 1. The maximum absolute atomic E-state index is 11.3. The second-order valence-corrected chi connectivity index (χ2v) is 4.81. The topological polar surface area (TPSA) is 58.6 Å². The second-order valence-electron chi connectivity index (χ2n) is 3.52. The first-order chi connectivity index (χ1) is 7.99. The summed E-state index contributed by atoms with van der Waals surface area (Å²) in [6, 6.07) is 5.04. The molecule has 0 radical (unpaired) electrons. The van der Waals surface area contributed by atoms with Crippen LogP contribution in [0.5, 0.6) is 5.75 Å². The fourth-order valence-electron chi connectivity index (χ4n) is 1.05. The fraction of sp³-hybridized carbons (Fsp3) is 0.364. The molecule has 4 nitrogen and oxygen atoms in total. The van der Waals surface area contributed by atoms with Crippen LogP contribution in [0.1, 0.15) is 6.92 Å². The molecule has 1 unspecified atom stereocenters. The lowest BCUT2D eigenvalue weighted by atomic mass is 10.3. The minimum absolute atomic E-state index is 0.104. The molecule has 0 aliphatic carbocycles. The normalized spacial score (nSPS) is 12.0. The molecule has 0 aliphatic heterocycles. The summed E-state index contributed by atoms with van der Waals surface area (Å²) in [4.78, 5) is 11.3. The Kier molecular flexibility index (Phi) is 5.74. The van der Waals surface area contributed by atoms with Gasteiger partial charge in [-0.3, -0.25) is 4.79 Å². The van der Waals surface area contributed by atoms with Crippen molar-refractivity contribution in [3.05, 3.63) is 27.7 Å². The van der Waals surface area contributed by atoms with Crippen LogP contribution in [0.4, 0.5) is 0 Å². The number of amides is 1. The van der Waals surface area contributed by atoms with E-state index in [1.54, 1.807) is 25.1 Å². The van der Waals surface area contributed by atoms with Crippen molar-refractivity contribution in [3.8, 4) is 5.75 Å². The molecule has 0 bridgehead atoms. The minimum Gasteiger partial charge on any atom is -0.483 e. The summed E-state index contributed by atoms with van der Waals surface area (Å²) in [6.07, 6.45) is -0.568. The molecule has 17 heavy (non-hydrogen) atoms. The van der Waals surface area contributed by atoms with Gasteiger partial charge in [0.15, 0.2) is 6.61 Å². The van der Waals surface area contributed by atoms with Crippen molar-refractivity contribution in [2.45, 2.75) is 13.0 Å². The van der Waals surface area contributed by atoms with Gasteiger partial charge >= 0.3 is 0 Å². The van der Waals surface area contributed by atoms with Crippen LogP contribution in [0.25, 0.3) is 0 Å². The first kappa shape index (κ1) is 14.3. The summed E-state index contributed by atoms with van der Waals surface area (Å²) in [6.45, 7) is 1.70. The Balaban J connectivity index is 2.42. The largest absolute Gasteiger partial charge is 0.483 e. The van der Waals surface area contributed by atoms with Gasteiger partial charge in [-0.25, -0.2) is 0 Å². The maximum atomic E-state index is 11.3. The number of hydrogen-bond donors (Lipinski definition) is 2. The van der Waals surface area contributed by atoms with Gasteiger partial charge in [0.05, 0.1) is 10.6 Å². The SMILES string of the molecule is CC(O)CNC(=O)COc1ccc(Cl)cc1Br. The molecule has 0 fully saturated rings. The fourth-order valence-corrected chi connectivity index (χ4v) is 1.85. The van der Waals surface area contributed by atoms with Gasteiger partial charge in [0.2, 0.25) is 0 Å². The summed E-state index contributed by atoms with van der Waals surface area (Å²) in [5, 5.41) is 12.1. The smallest absolute Gasteiger partial charge is 0.258 e. The zero-order valence-electron chi connectivity index (χ0n) is 9.24. The summed E-state index contributed by atoms with van der Waals surface area (Å²) < 4.78 is 5.97. The van der Waals surface area contributed by atoms with Crippen molar-refractivity contribution in [2.75, 3.05) is 13.2 Å². The highest BCUT2D eigenvalue weighted by Crippen LogP contribution is 2.27. The molecular formula is C11H13BrClNO3. The summed E-state index contributed by atoms with van der Waals surface area (Å²) in [5.41, 5.74) is 0. The van der Waals surface area contributed by atoms with E-state index in [2.05, 4.69) is 21.2 Å². The first-order valence-electron chi connectivity index (χ1n) is 5.01. The third kappa shape index (κ3) is 5.39. The predicted molar refractivity (Wildman–Crippen MR) is 69.3 cm³/mol. The van der Waals surface area contributed by atoms with E-state index < -0.39 is 6.10 Å². The number of rotatable bonds is 5. The van der Waals surface area contributed by atoms with Gasteiger partial charge in [-0.1, -0.05) is 11.6 Å². The number of carbonyl (C=O) groups is 1. The molecule has 0 aliphatic rings. The van der Waals surface area contributed by atoms with E-state index in [4.69, 9.17) is 21.4 Å². The molecule has 0 heterocycles. The highest BCUT2D eigenvalue weighted by atomic mass is 79.9. The van der Waals surface area contributed by atoms with Crippen LogP contribution in [0.15, 0.2) is 22.7 Å². The monoisotopic (exact) mass is 321 g/mol. The molecule has 1 aromatic rings. The van der Waals surface area contributed by atoms with E-state index in [0.717, 1.165) is 0 Å². The van der Waals surface area contributed by atoms with Crippen LogP contribution >= 0.6 is 27.5 Å². The van der Waals surface area contributed by atoms with Gasteiger partial charge in [0.25, 0.3) is 5.91 Å². The predicted octanol–water partition coefficient (Wildman–Crippen LogP) is 1.98. The van der Waals surface area contributed by atoms with E-state index in [9.17, 15) is 4.79 Å². The average molecular weight is 323 g/mol. The Morgan fingerprint density at radius 3 is 2.94 bits per heavy atom. The first-order valence-corrected chi connectivity index (χ1v) is 6.18. The van der Waals surface area contributed by atoms with Crippen LogP contribution in [-0.4, -0.2) is 30.3 Å². The number of hydrogen-bond acceptors (Lipinski definition) is 3. The standard InChI is InChI=1S/C11H13BrClNO3/c1-7(15)5-14-11(16)6-17-10-3-2-8(13)4-9(10)12/h2-4,7,15H,5-6H2,1H3,(H,14,16). The molecule has 0 saturated heterocycles. The molecule has 1 amide bonds. The van der Waals surface area contributed by atoms with Gasteiger partial charge in [-0.05, 0) is 41.1 Å². The highest BCUT2D eigenvalue weighted by molar-refractivity contribution is 9.10. The second kappa shape index (κ2) is 6.83. The van der Waals surface area contributed by atoms with Gasteiger partial charge in [-0.15, -0.1) is 0 Å². The van der Waals surface area contributed by atoms with Crippen molar-refractivity contribution in [2.24, 2.45) is 0 Å². The molecule has 0 spiro atoms. The molecule has 0 saturated carbocycles. The van der Waals surface area contributed by atoms with Crippen LogP contribution in [0.2, 0.25) is 5.02 Å². The van der Waals surface area contributed by atoms with Gasteiger partial charge < -0.3 is 15.2 Å². The van der Waals surface area contributed by atoms with Crippen molar-refractivity contribution in [3.63, 3.8) is 0 Å². The van der Waals surface area contributed by atoms with Crippen LogP contribution in [0, 0.1) is 0 Å². The van der Waals surface area contributed by atoms with Gasteiger partial charge in [0, 0.05) is 11.6 Å². The number of benzene rings is 1.